The summed E-state index contributed by atoms with van der Waals surface area (Å²) >= 11 is 0. The SMILES string of the molecule is C[C@@]12CC[C@H]3c4ccc(O[C@H]5O[C@@H](C(=O)O)[C@H](O)[C@@H](O)[C@@H]5O)cc4CC[C@@H]3[C@@H]1CC[C@@H]2O. The Bertz CT molecular complexity index is 889. The summed E-state index contributed by atoms with van der Waals surface area (Å²) in [5.74, 6) is 0.570. The van der Waals surface area contributed by atoms with Crippen LogP contribution in [0.4, 0.5) is 0 Å². The van der Waals surface area contributed by atoms with Gasteiger partial charge < -0.3 is 35.0 Å². The second-order valence-electron chi connectivity index (χ2n) is 10.3. The van der Waals surface area contributed by atoms with Crippen LogP contribution in [0.15, 0.2) is 18.2 Å². The Morgan fingerprint density at radius 2 is 1.84 bits per heavy atom. The summed E-state index contributed by atoms with van der Waals surface area (Å²) in [5, 5.41) is 49.8. The minimum atomic E-state index is -1.74. The van der Waals surface area contributed by atoms with Crippen LogP contribution in [-0.4, -0.2) is 68.3 Å². The van der Waals surface area contributed by atoms with Gasteiger partial charge in [0.05, 0.1) is 6.10 Å². The predicted octanol–water partition coefficient (Wildman–Crippen LogP) is 1.17. The number of fused-ring (bicyclic) bond motifs is 5. The highest BCUT2D eigenvalue weighted by molar-refractivity contribution is 5.73. The van der Waals surface area contributed by atoms with Crippen molar-refractivity contribution < 1.29 is 39.8 Å². The van der Waals surface area contributed by atoms with Gasteiger partial charge in [0.15, 0.2) is 6.10 Å². The van der Waals surface area contributed by atoms with Gasteiger partial charge in [0, 0.05) is 0 Å². The molecule has 2 saturated carbocycles. The van der Waals surface area contributed by atoms with Crippen molar-refractivity contribution in [2.45, 2.75) is 88.2 Å². The van der Waals surface area contributed by atoms with Crippen molar-refractivity contribution in [1.29, 1.82) is 0 Å². The largest absolute Gasteiger partial charge is 0.479 e. The number of hydrogen-bond donors (Lipinski definition) is 5. The highest BCUT2D eigenvalue weighted by Crippen LogP contribution is 2.60. The first-order valence-electron chi connectivity index (χ1n) is 11.6. The maximum Gasteiger partial charge on any atom is 0.335 e. The first-order valence-corrected chi connectivity index (χ1v) is 11.6. The lowest BCUT2D eigenvalue weighted by Gasteiger charge is -2.50. The smallest absolute Gasteiger partial charge is 0.335 e. The summed E-state index contributed by atoms with van der Waals surface area (Å²) < 4.78 is 11.0. The molecule has 3 fully saturated rings. The van der Waals surface area contributed by atoms with Crippen molar-refractivity contribution in [3.05, 3.63) is 29.3 Å². The molecule has 0 amide bonds. The van der Waals surface area contributed by atoms with Crippen molar-refractivity contribution in [3.63, 3.8) is 0 Å². The zero-order chi connectivity index (χ0) is 22.8. The maximum absolute atomic E-state index is 11.3. The van der Waals surface area contributed by atoms with Crippen molar-refractivity contribution in [2.24, 2.45) is 17.3 Å². The van der Waals surface area contributed by atoms with E-state index in [2.05, 4.69) is 6.92 Å². The van der Waals surface area contributed by atoms with Crippen LogP contribution in [0.3, 0.4) is 0 Å². The van der Waals surface area contributed by atoms with E-state index in [0.29, 0.717) is 23.5 Å². The minimum absolute atomic E-state index is 0.0300. The molecular weight excluding hydrogens is 416 g/mol. The number of aliphatic hydroxyl groups is 4. The Morgan fingerprint density at radius 3 is 2.59 bits per heavy atom. The molecule has 1 aromatic rings. The summed E-state index contributed by atoms with van der Waals surface area (Å²) in [7, 11) is 0. The van der Waals surface area contributed by atoms with Gasteiger partial charge in [0.25, 0.3) is 0 Å². The molecule has 0 unspecified atom stereocenters. The zero-order valence-corrected chi connectivity index (χ0v) is 18.1. The quantitative estimate of drug-likeness (QED) is 0.465. The van der Waals surface area contributed by atoms with E-state index in [1.165, 1.54) is 11.1 Å². The highest BCUT2D eigenvalue weighted by atomic mass is 16.7. The van der Waals surface area contributed by atoms with Crippen molar-refractivity contribution in [1.82, 2.24) is 0 Å². The Kier molecular flexibility index (Phi) is 5.49. The van der Waals surface area contributed by atoms with Gasteiger partial charge >= 0.3 is 5.97 Å². The van der Waals surface area contributed by atoms with Gasteiger partial charge in [-0.25, -0.2) is 4.79 Å². The number of aliphatic carboxylic acids is 1. The van der Waals surface area contributed by atoms with E-state index in [0.717, 1.165) is 38.5 Å². The van der Waals surface area contributed by atoms with E-state index in [-0.39, 0.29) is 11.5 Å². The molecule has 8 nitrogen and oxygen atoms in total. The van der Waals surface area contributed by atoms with Crippen molar-refractivity contribution in [3.8, 4) is 5.75 Å². The van der Waals surface area contributed by atoms with E-state index in [1.807, 2.05) is 12.1 Å². The summed E-state index contributed by atoms with van der Waals surface area (Å²) in [6.07, 6.45) is -2.28. The molecule has 0 bridgehead atoms. The first-order chi connectivity index (χ1) is 15.2. The normalized spacial score (nSPS) is 45.5. The molecule has 5 N–H and O–H groups in total. The van der Waals surface area contributed by atoms with Crippen molar-refractivity contribution in [2.75, 3.05) is 0 Å². The fourth-order valence-electron chi connectivity index (χ4n) is 6.89. The summed E-state index contributed by atoms with van der Waals surface area (Å²) in [6, 6.07) is 5.75. The molecule has 1 aromatic carbocycles. The lowest BCUT2D eigenvalue weighted by molar-refractivity contribution is -0.271. The van der Waals surface area contributed by atoms with Gasteiger partial charge in [-0.15, -0.1) is 0 Å². The fraction of sp³-hybridized carbons (Fsp3) is 0.708. The van der Waals surface area contributed by atoms with Gasteiger partial charge in [-0.2, -0.15) is 0 Å². The standard InChI is InChI=1S/C24H32O8/c1-24-9-8-14-13-5-3-12(10-11(13)2-4-15(14)16(24)6-7-17(24)25)31-23-20(28)18(26)19(27)21(32-23)22(29)30/h3,5,10,14-21,23,25-28H,2,4,6-9H2,1H3,(H,29,30)/t14-,15-,16-,17-,18+,19+,20-,21+,23-,24+/m0/s1. The van der Waals surface area contributed by atoms with Crippen LogP contribution in [0.25, 0.3) is 0 Å². The predicted molar refractivity (Wildman–Crippen MR) is 112 cm³/mol. The lowest BCUT2D eigenvalue weighted by Crippen LogP contribution is -2.61. The Labute approximate surface area is 186 Å². The second-order valence-corrected chi connectivity index (χ2v) is 10.3. The summed E-state index contributed by atoms with van der Waals surface area (Å²) in [6.45, 7) is 2.25. The number of rotatable bonds is 3. The second kappa shape index (κ2) is 7.95. The van der Waals surface area contributed by atoms with Crippen LogP contribution in [-0.2, 0) is 16.0 Å². The van der Waals surface area contributed by atoms with Gasteiger partial charge in [0.2, 0.25) is 6.29 Å². The van der Waals surface area contributed by atoms with E-state index < -0.39 is 36.7 Å². The molecule has 10 atom stereocenters. The molecule has 32 heavy (non-hydrogen) atoms. The van der Waals surface area contributed by atoms with Crippen molar-refractivity contribution >= 4 is 5.97 Å². The molecule has 0 spiro atoms. The number of hydrogen-bond acceptors (Lipinski definition) is 7. The van der Waals surface area contributed by atoms with E-state index in [9.17, 15) is 30.3 Å². The van der Waals surface area contributed by atoms with Gasteiger partial charge in [-0.3, -0.25) is 0 Å². The van der Waals surface area contributed by atoms with Gasteiger partial charge in [0.1, 0.15) is 24.1 Å². The number of aliphatic hydroxyl groups excluding tert-OH is 4. The van der Waals surface area contributed by atoms with E-state index >= 15 is 0 Å². The van der Waals surface area contributed by atoms with Gasteiger partial charge in [-0.05, 0) is 85.0 Å². The molecule has 5 rings (SSSR count). The Morgan fingerprint density at radius 1 is 1.06 bits per heavy atom. The molecule has 1 aliphatic heterocycles. The average molecular weight is 449 g/mol. The van der Waals surface area contributed by atoms with Crippen LogP contribution in [0.5, 0.6) is 5.75 Å². The molecule has 8 heteroatoms. The zero-order valence-electron chi connectivity index (χ0n) is 18.1. The summed E-state index contributed by atoms with van der Waals surface area (Å²) in [4.78, 5) is 11.3. The molecule has 1 heterocycles. The average Bonchev–Trinajstić information content (AvgIpc) is 3.08. The maximum atomic E-state index is 11.3. The van der Waals surface area contributed by atoms with Crippen LogP contribution < -0.4 is 4.74 Å². The number of aryl methyl sites for hydroxylation is 1. The molecule has 0 radical (unpaired) electrons. The highest BCUT2D eigenvalue weighted by Gasteiger charge is 2.54. The van der Waals surface area contributed by atoms with Crippen LogP contribution >= 0.6 is 0 Å². The van der Waals surface area contributed by atoms with E-state index in [1.54, 1.807) is 6.07 Å². The summed E-state index contributed by atoms with van der Waals surface area (Å²) in [5.41, 5.74) is 2.51. The number of carboxylic acid groups (broad SMARTS) is 1. The monoisotopic (exact) mass is 448 g/mol. The first kappa shape index (κ1) is 22.1. The molecule has 176 valence electrons. The Balaban J connectivity index is 1.34. The fourth-order valence-corrected chi connectivity index (χ4v) is 6.89. The number of benzene rings is 1. The van der Waals surface area contributed by atoms with Gasteiger partial charge in [-0.1, -0.05) is 13.0 Å². The minimum Gasteiger partial charge on any atom is -0.479 e. The topological polar surface area (TPSA) is 137 Å². The van der Waals surface area contributed by atoms with Crippen LogP contribution in [0, 0.1) is 17.3 Å². The molecule has 1 saturated heterocycles. The Hall–Kier alpha value is -1.71. The molecule has 3 aliphatic carbocycles. The molecule has 0 aromatic heterocycles. The number of ether oxygens (including phenoxy) is 2. The third-order valence-electron chi connectivity index (χ3n) is 8.71. The van der Waals surface area contributed by atoms with Crippen LogP contribution in [0.1, 0.15) is 56.1 Å². The molecule has 4 aliphatic rings. The lowest BCUT2D eigenvalue weighted by atomic mass is 9.55. The molecular formula is C24H32O8. The third kappa shape index (κ3) is 3.35. The van der Waals surface area contributed by atoms with E-state index in [4.69, 9.17) is 9.47 Å². The number of carboxylic acids is 1. The van der Waals surface area contributed by atoms with Crippen LogP contribution in [0.2, 0.25) is 0 Å². The number of carbonyl (C=O) groups is 1. The third-order valence-corrected chi connectivity index (χ3v) is 8.71.